The number of guanidine groups is 1. The van der Waals surface area contributed by atoms with Crippen LogP contribution in [0.4, 0.5) is 0 Å². The Balaban J connectivity index is 1.52. The van der Waals surface area contributed by atoms with Crippen molar-refractivity contribution >= 4 is 11.9 Å². The van der Waals surface area contributed by atoms with Crippen LogP contribution in [0, 0.1) is 11.8 Å². The first-order valence-corrected chi connectivity index (χ1v) is 13.1. The average Bonchev–Trinajstić information content (AvgIpc) is 2.93. The van der Waals surface area contributed by atoms with Gasteiger partial charge in [-0.1, -0.05) is 60.7 Å². The first kappa shape index (κ1) is 26.1. The highest BCUT2D eigenvalue weighted by Gasteiger charge is 2.36. The van der Waals surface area contributed by atoms with Gasteiger partial charge in [0.05, 0.1) is 19.3 Å². The summed E-state index contributed by atoms with van der Waals surface area (Å²) < 4.78 is 5.59. The van der Waals surface area contributed by atoms with E-state index in [1.807, 2.05) is 17.1 Å². The number of aliphatic imine (C=N–C) groups is 1. The minimum Gasteiger partial charge on any atom is -0.379 e. The number of hydrazine groups is 1. The Bertz CT molecular complexity index is 929. The third kappa shape index (κ3) is 6.84. The smallest absolute Gasteiger partial charge is 0.254 e. The van der Waals surface area contributed by atoms with Crippen molar-refractivity contribution in [2.75, 3.05) is 39.4 Å². The number of benzene rings is 2. The molecule has 1 amide bonds. The first-order chi connectivity index (χ1) is 17.5. The summed E-state index contributed by atoms with van der Waals surface area (Å²) in [5.74, 6) is 0.782. The monoisotopic (exact) mass is 492 g/mol. The summed E-state index contributed by atoms with van der Waals surface area (Å²) in [6.45, 7) is 3.76. The minimum absolute atomic E-state index is 0.00133. The van der Waals surface area contributed by atoms with Gasteiger partial charge in [-0.15, -0.1) is 0 Å². The number of ether oxygens (including phenoxy) is 1. The zero-order valence-corrected chi connectivity index (χ0v) is 21.0. The molecule has 8 heteroatoms. The topological polar surface area (TPSA) is 123 Å². The number of carbonyl (C=O) groups excluding carboxylic acids is 1. The number of hydrogen-bond acceptors (Lipinski definition) is 5. The number of nitrogens with two attached hydrogens (primary N) is 3. The standard InChI is InChI=1S/C28H40N6O2/c29-26(24-13-11-21(12-14-24)19-32-28(30)31)27(35)34(33-15-17-36-18-16-33)20-25(22-7-3-1-4-8-22)23-9-5-2-6-10-23/h1-10,21,24-26H,11-20,29H2,(H4,30,31,32). The molecule has 1 aliphatic heterocycles. The molecule has 1 heterocycles. The molecule has 36 heavy (non-hydrogen) atoms. The summed E-state index contributed by atoms with van der Waals surface area (Å²) in [6.07, 6.45) is 3.79. The van der Waals surface area contributed by atoms with Crippen molar-refractivity contribution in [1.29, 1.82) is 0 Å². The quantitative estimate of drug-likeness (QED) is 0.365. The van der Waals surface area contributed by atoms with Gasteiger partial charge < -0.3 is 21.9 Å². The fourth-order valence-electron chi connectivity index (χ4n) is 5.43. The Kier molecular flexibility index (Phi) is 9.33. The van der Waals surface area contributed by atoms with E-state index in [4.69, 9.17) is 21.9 Å². The Morgan fingerprint density at radius 1 is 0.944 bits per heavy atom. The van der Waals surface area contributed by atoms with E-state index >= 15 is 0 Å². The van der Waals surface area contributed by atoms with Crippen LogP contribution in [-0.2, 0) is 9.53 Å². The van der Waals surface area contributed by atoms with E-state index in [0.717, 1.165) is 25.7 Å². The maximum atomic E-state index is 14.0. The minimum atomic E-state index is -0.538. The highest BCUT2D eigenvalue weighted by molar-refractivity contribution is 5.81. The van der Waals surface area contributed by atoms with Crippen molar-refractivity contribution in [3.8, 4) is 0 Å². The predicted molar refractivity (Wildman–Crippen MR) is 143 cm³/mol. The maximum absolute atomic E-state index is 14.0. The SMILES string of the molecule is NC(N)=NCC1CCC(C(N)C(=O)N(CC(c2ccccc2)c2ccccc2)N2CCOCC2)CC1. The van der Waals surface area contributed by atoms with Gasteiger partial charge in [0.1, 0.15) is 0 Å². The lowest BCUT2D eigenvalue weighted by atomic mass is 9.78. The fourth-order valence-corrected chi connectivity index (χ4v) is 5.43. The molecule has 6 N–H and O–H groups in total. The second kappa shape index (κ2) is 12.9. The summed E-state index contributed by atoms with van der Waals surface area (Å²) in [5.41, 5.74) is 20.1. The van der Waals surface area contributed by atoms with E-state index in [1.165, 1.54) is 11.1 Å². The molecule has 0 spiro atoms. The molecule has 1 aliphatic carbocycles. The highest BCUT2D eigenvalue weighted by Crippen LogP contribution is 2.32. The molecule has 2 aromatic carbocycles. The van der Waals surface area contributed by atoms with Gasteiger partial charge >= 0.3 is 0 Å². The first-order valence-electron chi connectivity index (χ1n) is 13.1. The highest BCUT2D eigenvalue weighted by atomic mass is 16.5. The van der Waals surface area contributed by atoms with Crippen molar-refractivity contribution in [2.24, 2.45) is 34.0 Å². The second-order valence-electron chi connectivity index (χ2n) is 9.93. The predicted octanol–water partition coefficient (Wildman–Crippen LogP) is 2.30. The molecule has 1 saturated heterocycles. The number of morpholine rings is 1. The van der Waals surface area contributed by atoms with E-state index in [2.05, 4.69) is 58.5 Å². The van der Waals surface area contributed by atoms with Gasteiger partial charge in [-0.3, -0.25) is 14.8 Å². The molecule has 8 nitrogen and oxygen atoms in total. The molecule has 1 unspecified atom stereocenters. The van der Waals surface area contributed by atoms with Crippen LogP contribution in [0.5, 0.6) is 0 Å². The number of nitrogens with zero attached hydrogens (tertiary/aromatic N) is 3. The molecule has 4 rings (SSSR count). The Morgan fingerprint density at radius 2 is 1.50 bits per heavy atom. The molecule has 0 bridgehead atoms. The van der Waals surface area contributed by atoms with Gasteiger partial charge in [-0.2, -0.15) is 0 Å². The van der Waals surface area contributed by atoms with Crippen molar-refractivity contribution < 1.29 is 9.53 Å². The van der Waals surface area contributed by atoms with Gasteiger partial charge in [0, 0.05) is 32.1 Å². The van der Waals surface area contributed by atoms with E-state index in [9.17, 15) is 4.79 Å². The van der Waals surface area contributed by atoms with Crippen LogP contribution in [0.3, 0.4) is 0 Å². The van der Waals surface area contributed by atoms with E-state index in [-0.39, 0.29) is 23.7 Å². The summed E-state index contributed by atoms with van der Waals surface area (Å²) in [4.78, 5) is 18.2. The normalized spacial score (nSPS) is 21.6. The third-order valence-electron chi connectivity index (χ3n) is 7.56. The molecule has 194 valence electrons. The van der Waals surface area contributed by atoms with Crippen LogP contribution in [0.15, 0.2) is 65.7 Å². The Hall–Kier alpha value is -2.94. The molecular formula is C28H40N6O2. The van der Waals surface area contributed by atoms with Crippen molar-refractivity contribution in [1.82, 2.24) is 10.0 Å². The van der Waals surface area contributed by atoms with Crippen LogP contribution in [0.2, 0.25) is 0 Å². The molecule has 2 aliphatic rings. The summed E-state index contributed by atoms with van der Waals surface area (Å²) in [5, 5.41) is 4.05. The van der Waals surface area contributed by atoms with Gasteiger partial charge in [0.15, 0.2) is 5.96 Å². The zero-order valence-electron chi connectivity index (χ0n) is 21.0. The summed E-state index contributed by atoms with van der Waals surface area (Å²) in [7, 11) is 0. The molecule has 1 saturated carbocycles. The lowest BCUT2D eigenvalue weighted by molar-refractivity contribution is -0.160. The van der Waals surface area contributed by atoms with Gasteiger partial charge in [0.2, 0.25) is 0 Å². The van der Waals surface area contributed by atoms with E-state index < -0.39 is 6.04 Å². The largest absolute Gasteiger partial charge is 0.379 e. The maximum Gasteiger partial charge on any atom is 0.254 e. The number of carbonyl (C=O) groups is 1. The van der Waals surface area contributed by atoms with Crippen molar-refractivity contribution in [3.05, 3.63) is 71.8 Å². The molecule has 2 aromatic rings. The number of rotatable bonds is 9. The summed E-state index contributed by atoms with van der Waals surface area (Å²) >= 11 is 0. The fraction of sp³-hybridized carbons (Fsp3) is 0.500. The molecule has 0 aromatic heterocycles. The van der Waals surface area contributed by atoms with Crippen LogP contribution in [-0.4, -0.2) is 67.3 Å². The Morgan fingerprint density at radius 3 is 2.03 bits per heavy atom. The lowest BCUT2D eigenvalue weighted by Gasteiger charge is -2.42. The Labute approximate surface area is 214 Å². The molecule has 1 atom stereocenters. The summed E-state index contributed by atoms with van der Waals surface area (Å²) in [6, 6.07) is 20.3. The van der Waals surface area contributed by atoms with Gasteiger partial charge in [-0.05, 0) is 48.6 Å². The van der Waals surface area contributed by atoms with E-state index in [0.29, 0.717) is 45.3 Å². The van der Waals surface area contributed by atoms with Crippen LogP contribution in [0.25, 0.3) is 0 Å². The number of amides is 1. The molecule has 0 radical (unpaired) electrons. The van der Waals surface area contributed by atoms with E-state index in [1.54, 1.807) is 0 Å². The molecule has 2 fully saturated rings. The number of hydrogen-bond donors (Lipinski definition) is 3. The molecular weight excluding hydrogens is 452 g/mol. The van der Waals surface area contributed by atoms with Gasteiger partial charge in [0.25, 0.3) is 5.91 Å². The van der Waals surface area contributed by atoms with Gasteiger partial charge in [-0.25, -0.2) is 5.01 Å². The zero-order chi connectivity index (χ0) is 25.3. The van der Waals surface area contributed by atoms with Crippen molar-refractivity contribution in [3.63, 3.8) is 0 Å². The van der Waals surface area contributed by atoms with Crippen LogP contribution < -0.4 is 17.2 Å². The van der Waals surface area contributed by atoms with Crippen molar-refractivity contribution in [2.45, 2.75) is 37.6 Å². The van der Waals surface area contributed by atoms with Crippen LogP contribution in [0.1, 0.15) is 42.7 Å². The van der Waals surface area contributed by atoms with Crippen LogP contribution >= 0.6 is 0 Å². The lowest BCUT2D eigenvalue weighted by Crippen LogP contribution is -2.58. The average molecular weight is 493 g/mol. The second-order valence-corrected chi connectivity index (χ2v) is 9.93. The third-order valence-corrected chi connectivity index (χ3v) is 7.56.